The standard InChI is InChI=1S/C26H23N3O2/c1-19-7-5-6-10-24(19)22-17-28-26(29-18-22)31-23-13-11-21(12-14-23)25(30)27-16-15-20-8-3-2-4-9-20/h2-14,17-18H,15-16H2,1H3,(H,27,30). The highest BCUT2D eigenvalue weighted by Gasteiger charge is 2.08. The van der Waals surface area contributed by atoms with Crippen molar-refractivity contribution >= 4 is 5.91 Å². The van der Waals surface area contributed by atoms with Crippen LogP contribution >= 0.6 is 0 Å². The number of hydrogen-bond donors (Lipinski definition) is 1. The molecule has 0 fully saturated rings. The van der Waals surface area contributed by atoms with Gasteiger partial charge in [0.1, 0.15) is 5.75 Å². The van der Waals surface area contributed by atoms with Crippen molar-refractivity contribution in [3.8, 4) is 22.9 Å². The Kier molecular flexibility index (Phi) is 6.33. The quantitative estimate of drug-likeness (QED) is 0.455. The molecule has 31 heavy (non-hydrogen) atoms. The average molecular weight is 409 g/mol. The lowest BCUT2D eigenvalue weighted by atomic mass is 10.0. The maximum atomic E-state index is 12.3. The van der Waals surface area contributed by atoms with Gasteiger partial charge in [-0.25, -0.2) is 9.97 Å². The molecule has 5 nitrogen and oxygen atoms in total. The summed E-state index contributed by atoms with van der Waals surface area (Å²) in [6.45, 7) is 2.64. The molecule has 4 rings (SSSR count). The van der Waals surface area contributed by atoms with Gasteiger partial charge < -0.3 is 10.1 Å². The van der Waals surface area contributed by atoms with Gasteiger partial charge in [0.05, 0.1) is 0 Å². The maximum Gasteiger partial charge on any atom is 0.321 e. The van der Waals surface area contributed by atoms with E-state index in [1.54, 1.807) is 36.7 Å². The Morgan fingerprint density at radius 2 is 1.55 bits per heavy atom. The Morgan fingerprint density at radius 1 is 0.871 bits per heavy atom. The number of aromatic nitrogens is 2. The van der Waals surface area contributed by atoms with E-state index in [4.69, 9.17) is 4.74 Å². The molecular weight excluding hydrogens is 386 g/mol. The molecule has 3 aromatic carbocycles. The first-order valence-corrected chi connectivity index (χ1v) is 10.2. The summed E-state index contributed by atoms with van der Waals surface area (Å²) in [5.41, 5.74) is 4.97. The molecule has 0 radical (unpaired) electrons. The van der Waals surface area contributed by atoms with Crippen molar-refractivity contribution < 1.29 is 9.53 Å². The summed E-state index contributed by atoms with van der Waals surface area (Å²) >= 11 is 0. The van der Waals surface area contributed by atoms with E-state index in [1.165, 1.54) is 5.56 Å². The molecule has 0 unspecified atom stereocenters. The van der Waals surface area contributed by atoms with Crippen LogP contribution in [0.3, 0.4) is 0 Å². The summed E-state index contributed by atoms with van der Waals surface area (Å²) in [6.07, 6.45) is 4.29. The van der Waals surface area contributed by atoms with Crippen molar-refractivity contribution in [1.29, 1.82) is 0 Å². The van der Waals surface area contributed by atoms with E-state index in [2.05, 4.69) is 28.3 Å². The molecule has 0 aliphatic carbocycles. The van der Waals surface area contributed by atoms with E-state index in [0.29, 0.717) is 17.9 Å². The van der Waals surface area contributed by atoms with Crippen molar-refractivity contribution in [1.82, 2.24) is 15.3 Å². The molecule has 0 saturated carbocycles. The minimum absolute atomic E-state index is 0.110. The summed E-state index contributed by atoms with van der Waals surface area (Å²) in [7, 11) is 0. The Bertz CT molecular complexity index is 1140. The molecule has 0 aliphatic rings. The van der Waals surface area contributed by atoms with E-state index in [0.717, 1.165) is 23.1 Å². The second-order valence-electron chi connectivity index (χ2n) is 7.19. The number of benzene rings is 3. The first-order chi connectivity index (χ1) is 15.2. The molecule has 1 heterocycles. The summed E-state index contributed by atoms with van der Waals surface area (Å²) in [6, 6.07) is 25.4. The normalized spacial score (nSPS) is 10.5. The van der Waals surface area contributed by atoms with Gasteiger partial charge in [0.15, 0.2) is 0 Å². The van der Waals surface area contributed by atoms with Crippen LogP contribution in [0.25, 0.3) is 11.1 Å². The minimum atomic E-state index is -0.110. The van der Waals surface area contributed by atoms with Crippen LogP contribution in [0.1, 0.15) is 21.5 Å². The fourth-order valence-electron chi connectivity index (χ4n) is 3.25. The van der Waals surface area contributed by atoms with Crippen LogP contribution in [-0.4, -0.2) is 22.4 Å². The highest BCUT2D eigenvalue weighted by Crippen LogP contribution is 2.24. The van der Waals surface area contributed by atoms with Crippen molar-refractivity contribution in [2.24, 2.45) is 0 Å². The summed E-state index contributed by atoms with van der Waals surface area (Å²) in [4.78, 5) is 20.9. The molecule has 4 aromatic rings. The van der Waals surface area contributed by atoms with Gasteiger partial charge in [-0.1, -0.05) is 54.6 Å². The Labute approximate surface area is 181 Å². The van der Waals surface area contributed by atoms with Crippen LogP contribution in [0.5, 0.6) is 11.8 Å². The van der Waals surface area contributed by atoms with E-state index < -0.39 is 0 Å². The van der Waals surface area contributed by atoms with Crippen LogP contribution in [0.2, 0.25) is 0 Å². The lowest BCUT2D eigenvalue weighted by molar-refractivity contribution is 0.0954. The summed E-state index contributed by atoms with van der Waals surface area (Å²) in [5.74, 6) is 0.464. The average Bonchev–Trinajstić information content (AvgIpc) is 2.81. The van der Waals surface area contributed by atoms with Crippen molar-refractivity contribution in [2.45, 2.75) is 13.3 Å². The van der Waals surface area contributed by atoms with E-state index in [-0.39, 0.29) is 11.9 Å². The number of aryl methyl sites for hydroxylation is 1. The van der Waals surface area contributed by atoms with Crippen LogP contribution in [0, 0.1) is 6.92 Å². The Balaban J connectivity index is 1.33. The van der Waals surface area contributed by atoms with Gasteiger partial charge in [0.2, 0.25) is 0 Å². The first-order valence-electron chi connectivity index (χ1n) is 10.2. The highest BCUT2D eigenvalue weighted by atomic mass is 16.5. The minimum Gasteiger partial charge on any atom is -0.424 e. The predicted molar refractivity (Wildman–Crippen MR) is 121 cm³/mol. The molecule has 0 saturated heterocycles. The van der Waals surface area contributed by atoms with Crippen molar-refractivity contribution in [3.05, 3.63) is 108 Å². The molecule has 1 N–H and O–H groups in total. The molecular formula is C26H23N3O2. The van der Waals surface area contributed by atoms with Crippen molar-refractivity contribution in [2.75, 3.05) is 6.54 Å². The molecule has 1 aromatic heterocycles. The maximum absolute atomic E-state index is 12.3. The Hall–Kier alpha value is -3.99. The zero-order valence-electron chi connectivity index (χ0n) is 17.3. The predicted octanol–water partition coefficient (Wildman–Crippen LogP) is 5.22. The monoisotopic (exact) mass is 409 g/mol. The number of ether oxygens (including phenoxy) is 1. The molecule has 0 spiro atoms. The largest absolute Gasteiger partial charge is 0.424 e. The zero-order valence-corrected chi connectivity index (χ0v) is 17.3. The number of amides is 1. The first kappa shape index (κ1) is 20.3. The highest BCUT2D eigenvalue weighted by molar-refractivity contribution is 5.94. The SMILES string of the molecule is Cc1ccccc1-c1cnc(Oc2ccc(C(=O)NCCc3ccccc3)cc2)nc1. The van der Waals surface area contributed by atoms with Gasteiger partial charge in [-0.2, -0.15) is 0 Å². The molecule has 0 bridgehead atoms. The molecule has 5 heteroatoms. The second kappa shape index (κ2) is 9.67. The van der Waals surface area contributed by atoms with Gasteiger partial charge in [-0.05, 0) is 54.3 Å². The number of hydrogen-bond acceptors (Lipinski definition) is 4. The number of nitrogens with one attached hydrogen (secondary N) is 1. The van der Waals surface area contributed by atoms with Gasteiger partial charge in [-0.3, -0.25) is 4.79 Å². The van der Waals surface area contributed by atoms with Gasteiger partial charge in [-0.15, -0.1) is 0 Å². The van der Waals surface area contributed by atoms with Crippen LogP contribution in [0.4, 0.5) is 0 Å². The van der Waals surface area contributed by atoms with Crippen LogP contribution in [-0.2, 0) is 6.42 Å². The van der Waals surface area contributed by atoms with Gasteiger partial charge >= 0.3 is 6.01 Å². The molecule has 154 valence electrons. The second-order valence-corrected chi connectivity index (χ2v) is 7.19. The van der Waals surface area contributed by atoms with E-state index in [9.17, 15) is 4.79 Å². The van der Waals surface area contributed by atoms with E-state index in [1.807, 2.05) is 48.5 Å². The fraction of sp³-hybridized carbons (Fsp3) is 0.115. The third-order valence-electron chi connectivity index (χ3n) is 4.95. The lowest BCUT2D eigenvalue weighted by Gasteiger charge is -2.08. The third-order valence-corrected chi connectivity index (χ3v) is 4.95. The molecule has 0 aliphatic heterocycles. The summed E-state index contributed by atoms with van der Waals surface area (Å²) in [5, 5.41) is 2.94. The van der Waals surface area contributed by atoms with Crippen molar-refractivity contribution in [3.63, 3.8) is 0 Å². The van der Waals surface area contributed by atoms with Crippen LogP contribution in [0.15, 0.2) is 91.3 Å². The van der Waals surface area contributed by atoms with Gasteiger partial charge in [0.25, 0.3) is 5.91 Å². The molecule has 0 atom stereocenters. The summed E-state index contributed by atoms with van der Waals surface area (Å²) < 4.78 is 5.72. The Morgan fingerprint density at radius 3 is 2.26 bits per heavy atom. The number of rotatable bonds is 7. The number of nitrogens with zero attached hydrogens (tertiary/aromatic N) is 2. The van der Waals surface area contributed by atoms with E-state index >= 15 is 0 Å². The topological polar surface area (TPSA) is 64.1 Å². The number of carbonyl (C=O) groups excluding carboxylic acids is 1. The number of carbonyl (C=O) groups is 1. The lowest BCUT2D eigenvalue weighted by Crippen LogP contribution is -2.25. The molecule has 1 amide bonds. The van der Waals surface area contributed by atoms with Crippen LogP contribution < -0.4 is 10.1 Å². The zero-order chi connectivity index (χ0) is 21.5. The smallest absolute Gasteiger partial charge is 0.321 e. The third kappa shape index (κ3) is 5.34. The fourth-order valence-corrected chi connectivity index (χ4v) is 3.25. The van der Waals surface area contributed by atoms with Gasteiger partial charge in [0, 0.05) is 30.1 Å².